The van der Waals surface area contributed by atoms with Crippen molar-refractivity contribution < 1.29 is 55.4 Å². The number of rotatable bonds is 10. The van der Waals surface area contributed by atoms with E-state index in [1.807, 2.05) is 5.32 Å². The second kappa shape index (κ2) is 14.1. The van der Waals surface area contributed by atoms with E-state index in [2.05, 4.69) is 0 Å². The van der Waals surface area contributed by atoms with Crippen LogP contribution in [-0.2, 0) is 30.1 Å². The molecule has 1 aromatic carbocycles. The summed E-state index contributed by atoms with van der Waals surface area (Å²) in [4.78, 5) is 59.4. The van der Waals surface area contributed by atoms with Gasteiger partial charge in [-0.25, -0.2) is 4.79 Å². The Labute approximate surface area is 264 Å². The molecule has 16 heteroatoms. The zero-order valence-corrected chi connectivity index (χ0v) is 26.9. The molecular formula is C30H41F5N4O7. The lowest BCUT2D eigenvalue weighted by Gasteiger charge is -2.42. The van der Waals surface area contributed by atoms with E-state index >= 15 is 0 Å². The minimum absolute atomic E-state index is 0.0605. The van der Waals surface area contributed by atoms with Gasteiger partial charge in [0.1, 0.15) is 5.75 Å². The van der Waals surface area contributed by atoms with Crippen molar-refractivity contribution in [3.8, 4) is 5.75 Å². The fourth-order valence-corrected chi connectivity index (χ4v) is 5.36. The number of carbonyl (C=O) groups is 4. The molecule has 3 rings (SSSR count). The first kappa shape index (κ1) is 36.9. The van der Waals surface area contributed by atoms with E-state index in [0.717, 1.165) is 11.0 Å². The Morgan fingerprint density at radius 1 is 1.17 bits per heavy atom. The maximum atomic E-state index is 14.6. The van der Waals surface area contributed by atoms with Gasteiger partial charge in [0.25, 0.3) is 17.7 Å². The number of carbonyl (C=O) groups excluding carboxylic acids is 4. The maximum absolute atomic E-state index is 14.6. The number of amides is 3. The Kier molecular flexibility index (Phi) is 11.3. The molecule has 0 spiro atoms. The number of hydrogen-bond acceptors (Lipinski definition) is 8. The number of anilines is 1. The zero-order valence-electron chi connectivity index (χ0n) is 26.9. The highest BCUT2D eigenvalue weighted by atomic mass is 19.4. The Morgan fingerprint density at radius 2 is 1.83 bits per heavy atom. The molecule has 0 saturated carbocycles. The van der Waals surface area contributed by atoms with Crippen molar-refractivity contribution in [3.05, 3.63) is 23.3 Å². The van der Waals surface area contributed by atoms with E-state index in [0.29, 0.717) is 25.5 Å². The first-order valence-electron chi connectivity index (χ1n) is 14.8. The van der Waals surface area contributed by atoms with Gasteiger partial charge in [-0.15, -0.1) is 5.06 Å². The molecule has 0 aromatic heterocycles. The molecule has 2 aliphatic heterocycles. The minimum atomic E-state index is -5.03. The van der Waals surface area contributed by atoms with E-state index < -0.39 is 89.4 Å². The molecule has 11 nitrogen and oxygen atoms in total. The van der Waals surface area contributed by atoms with Crippen LogP contribution >= 0.6 is 0 Å². The van der Waals surface area contributed by atoms with Crippen LogP contribution in [0.15, 0.2) is 12.1 Å². The van der Waals surface area contributed by atoms with E-state index in [1.165, 1.54) is 24.0 Å². The predicted molar refractivity (Wildman–Crippen MR) is 155 cm³/mol. The summed E-state index contributed by atoms with van der Waals surface area (Å²) in [6.07, 6.45) is -7.43. The van der Waals surface area contributed by atoms with Gasteiger partial charge in [-0.05, 0) is 66.5 Å². The van der Waals surface area contributed by atoms with Gasteiger partial charge in [0, 0.05) is 38.8 Å². The number of ether oxygens (including phenoxy) is 2. The van der Waals surface area contributed by atoms with Gasteiger partial charge in [-0.2, -0.15) is 22.0 Å². The molecular weight excluding hydrogens is 623 g/mol. The predicted octanol–water partition coefficient (Wildman–Crippen LogP) is 4.04. The summed E-state index contributed by atoms with van der Waals surface area (Å²) in [5, 5.41) is 3.37. The average Bonchev–Trinajstić information content (AvgIpc) is 2.93. The van der Waals surface area contributed by atoms with Crippen LogP contribution in [0.25, 0.3) is 0 Å². The van der Waals surface area contributed by atoms with Crippen molar-refractivity contribution >= 4 is 29.4 Å². The van der Waals surface area contributed by atoms with Crippen LogP contribution in [0.4, 0.5) is 27.6 Å². The number of halogens is 5. The van der Waals surface area contributed by atoms with Crippen molar-refractivity contribution in [3.63, 3.8) is 0 Å². The summed E-state index contributed by atoms with van der Waals surface area (Å²) in [7, 11) is 1.25. The van der Waals surface area contributed by atoms with Crippen LogP contribution in [0.3, 0.4) is 0 Å². The lowest BCUT2D eigenvalue weighted by Crippen LogP contribution is -2.58. The van der Waals surface area contributed by atoms with Crippen LogP contribution in [0.1, 0.15) is 70.3 Å². The molecule has 46 heavy (non-hydrogen) atoms. The molecule has 2 atom stereocenters. The van der Waals surface area contributed by atoms with Crippen molar-refractivity contribution in [2.75, 3.05) is 44.8 Å². The largest absolute Gasteiger partial charge is 0.473 e. The highest BCUT2D eigenvalue weighted by molar-refractivity contribution is 6.05. The molecule has 0 bridgehead atoms. The molecule has 2 heterocycles. The van der Waals surface area contributed by atoms with Crippen LogP contribution in [-0.4, -0.2) is 97.7 Å². The van der Waals surface area contributed by atoms with Crippen LogP contribution < -0.4 is 15.0 Å². The molecule has 0 aliphatic carbocycles. The minimum Gasteiger partial charge on any atom is -0.473 e. The quantitative estimate of drug-likeness (QED) is 0.373. The summed E-state index contributed by atoms with van der Waals surface area (Å²) in [6, 6.07) is 0.311. The number of nitrogens with zero attached hydrogens (tertiary/aromatic N) is 3. The summed E-state index contributed by atoms with van der Waals surface area (Å²) < 4.78 is 80.0. The third-order valence-corrected chi connectivity index (χ3v) is 7.58. The third kappa shape index (κ3) is 8.24. The van der Waals surface area contributed by atoms with Gasteiger partial charge in [0.05, 0.1) is 35.4 Å². The first-order valence-corrected chi connectivity index (χ1v) is 14.8. The van der Waals surface area contributed by atoms with Gasteiger partial charge in [-0.3, -0.25) is 14.4 Å². The topological polar surface area (TPSA) is 118 Å². The first-order chi connectivity index (χ1) is 21.2. The summed E-state index contributed by atoms with van der Waals surface area (Å²) in [6.45, 7) is 8.80. The molecule has 3 amide bonds. The molecule has 1 aromatic rings. The molecule has 1 N–H and O–H groups in total. The summed E-state index contributed by atoms with van der Waals surface area (Å²) in [5.41, 5.74) is -4.90. The lowest BCUT2D eigenvalue weighted by molar-refractivity contribution is -0.208. The fourth-order valence-electron chi connectivity index (χ4n) is 5.36. The van der Waals surface area contributed by atoms with Gasteiger partial charge < -0.3 is 29.4 Å². The van der Waals surface area contributed by atoms with Crippen molar-refractivity contribution in [1.82, 2.24) is 15.3 Å². The number of nitrogens with one attached hydrogen (secondary N) is 1. The number of hydroxylamine groups is 2. The smallest absolute Gasteiger partial charge is 0.417 e. The number of alkyl halides is 5. The van der Waals surface area contributed by atoms with Crippen LogP contribution in [0.2, 0.25) is 0 Å². The van der Waals surface area contributed by atoms with Gasteiger partial charge in [0.2, 0.25) is 5.60 Å². The molecule has 258 valence electrons. The van der Waals surface area contributed by atoms with E-state index in [1.54, 1.807) is 34.6 Å². The monoisotopic (exact) mass is 664 g/mol. The fraction of sp³-hybridized carbons (Fsp3) is 0.667. The Balaban J connectivity index is 2.07. The third-order valence-electron chi connectivity index (χ3n) is 7.58. The van der Waals surface area contributed by atoms with Gasteiger partial charge in [-0.1, -0.05) is 0 Å². The zero-order chi connectivity index (χ0) is 34.8. The second-order valence-electron chi connectivity index (χ2n) is 12.8. The van der Waals surface area contributed by atoms with E-state index in [4.69, 9.17) is 14.3 Å². The molecule has 0 radical (unpaired) electrons. The normalized spacial score (nSPS) is 20.8. The summed E-state index contributed by atoms with van der Waals surface area (Å²) >= 11 is 0. The Bertz CT molecular complexity index is 1320. The van der Waals surface area contributed by atoms with Gasteiger partial charge >= 0.3 is 18.6 Å². The molecule has 2 unspecified atom stereocenters. The van der Waals surface area contributed by atoms with Crippen molar-refractivity contribution in [2.24, 2.45) is 5.41 Å². The van der Waals surface area contributed by atoms with Crippen LogP contribution in [0.5, 0.6) is 5.75 Å². The molecule has 2 aliphatic rings. The summed E-state index contributed by atoms with van der Waals surface area (Å²) in [5.74, 6) is -4.25. The highest BCUT2D eigenvalue weighted by Crippen LogP contribution is 2.44. The number of methoxy groups -OCH3 is 1. The number of hydrogen-bond donors (Lipinski definition) is 1. The Hall–Kier alpha value is -3.53. The maximum Gasteiger partial charge on any atom is 0.417 e. The second-order valence-corrected chi connectivity index (χ2v) is 12.8. The number of piperidine rings is 1. The SMILES string of the molecule is COCC1(C)Oc2cc(C(F)(F)F)c(C(=O)N(C(C)C)C3CCCN(OC(=O)C(C)(C)C)C3)cc2N(CCNC(=O)C(F)F)C1=O. The van der Waals surface area contributed by atoms with Gasteiger partial charge in [0.15, 0.2) is 0 Å². The molecule has 1 fully saturated rings. The van der Waals surface area contributed by atoms with Crippen LogP contribution in [0, 0.1) is 5.41 Å². The highest BCUT2D eigenvalue weighted by Gasteiger charge is 2.48. The van der Waals surface area contributed by atoms with Crippen molar-refractivity contribution in [1.29, 1.82) is 0 Å². The average molecular weight is 665 g/mol. The van der Waals surface area contributed by atoms with E-state index in [-0.39, 0.29) is 18.8 Å². The lowest BCUT2D eigenvalue weighted by atomic mass is 9.96. The van der Waals surface area contributed by atoms with Crippen molar-refractivity contribution in [2.45, 2.75) is 84.7 Å². The standard InChI is InChI=1S/C30H41F5N4O7/c1-17(2)39(18-9-8-11-37(15-18)46-27(43)28(3,4)5)25(41)19-13-21-22(14-20(19)30(33,34)35)45-29(6,16-44-7)26(42)38(21)12-10-36-24(40)23(31)32/h13-14,17-18,23H,8-12,15-16H2,1-7H3,(H,36,40). The molecule has 1 saturated heterocycles. The Morgan fingerprint density at radius 3 is 2.37 bits per heavy atom. The number of benzene rings is 1. The van der Waals surface area contributed by atoms with E-state index in [9.17, 15) is 41.1 Å². The number of fused-ring (bicyclic) bond motifs is 1.